The van der Waals surface area contributed by atoms with E-state index in [0.717, 1.165) is 38.2 Å². The number of aromatic nitrogens is 1. The van der Waals surface area contributed by atoms with Crippen molar-refractivity contribution >= 4 is 5.82 Å². The number of anilines is 1. The normalized spacial score (nSPS) is 19.5. The zero-order chi connectivity index (χ0) is 14.1. The summed E-state index contributed by atoms with van der Waals surface area (Å²) in [6, 6.07) is 2.54. The molecule has 1 aromatic rings. The molecule has 0 amide bonds. The number of halogens is 3. The number of pyridine rings is 1. The maximum absolute atomic E-state index is 12.4. The summed E-state index contributed by atoms with van der Waals surface area (Å²) in [5, 5.41) is 3.29. The van der Waals surface area contributed by atoms with Crippen molar-refractivity contribution in [1.82, 2.24) is 10.3 Å². The molecule has 6 heteroatoms. The first kappa shape index (κ1) is 14.1. The highest BCUT2D eigenvalue weighted by Gasteiger charge is 2.32. The lowest BCUT2D eigenvalue weighted by Crippen LogP contribution is -2.50. The molecule has 0 aliphatic carbocycles. The first-order valence-corrected chi connectivity index (χ1v) is 6.31. The predicted molar refractivity (Wildman–Crippen MR) is 68.2 cm³/mol. The minimum Gasteiger partial charge on any atom is -0.356 e. The summed E-state index contributed by atoms with van der Waals surface area (Å²) in [7, 11) is 1.94. The Morgan fingerprint density at radius 2 is 1.89 bits per heavy atom. The molecule has 0 spiro atoms. The van der Waals surface area contributed by atoms with E-state index in [2.05, 4.69) is 17.2 Å². The Hall–Kier alpha value is -1.30. The van der Waals surface area contributed by atoms with Crippen molar-refractivity contribution in [3.63, 3.8) is 0 Å². The molecule has 3 nitrogen and oxygen atoms in total. The highest BCUT2D eigenvalue weighted by Crippen LogP contribution is 2.30. The Labute approximate surface area is 110 Å². The van der Waals surface area contributed by atoms with Gasteiger partial charge in [0.2, 0.25) is 0 Å². The Kier molecular flexibility index (Phi) is 3.71. The van der Waals surface area contributed by atoms with Crippen LogP contribution in [-0.4, -0.2) is 30.7 Å². The third kappa shape index (κ3) is 3.18. The van der Waals surface area contributed by atoms with Crippen molar-refractivity contribution in [3.05, 3.63) is 23.9 Å². The van der Waals surface area contributed by atoms with Crippen LogP contribution in [0.25, 0.3) is 0 Å². The number of hydrogen-bond donors (Lipinski definition) is 1. The van der Waals surface area contributed by atoms with E-state index in [9.17, 15) is 13.2 Å². The van der Waals surface area contributed by atoms with Gasteiger partial charge < -0.3 is 10.2 Å². The summed E-state index contributed by atoms with van der Waals surface area (Å²) in [6.07, 6.45) is -1.52. The molecule has 0 radical (unpaired) electrons. The molecule has 0 unspecified atom stereocenters. The Morgan fingerprint density at radius 1 is 1.26 bits per heavy atom. The summed E-state index contributed by atoms with van der Waals surface area (Å²) in [4.78, 5) is 5.95. The van der Waals surface area contributed by atoms with Crippen molar-refractivity contribution in [2.24, 2.45) is 0 Å². The predicted octanol–water partition coefficient (Wildman–Crippen LogP) is 2.68. The van der Waals surface area contributed by atoms with Crippen molar-refractivity contribution < 1.29 is 13.2 Å². The van der Waals surface area contributed by atoms with E-state index in [1.54, 1.807) is 0 Å². The molecule has 1 N–H and O–H groups in total. The zero-order valence-electron chi connectivity index (χ0n) is 11.1. The van der Waals surface area contributed by atoms with Crippen molar-refractivity contribution in [2.45, 2.75) is 31.5 Å². The van der Waals surface area contributed by atoms with Gasteiger partial charge in [-0.3, -0.25) is 0 Å². The molecule has 0 atom stereocenters. The first-order chi connectivity index (χ1) is 8.84. The fourth-order valence-corrected chi connectivity index (χ4v) is 2.22. The van der Waals surface area contributed by atoms with Crippen LogP contribution < -0.4 is 10.2 Å². The van der Waals surface area contributed by atoms with E-state index >= 15 is 0 Å². The summed E-state index contributed by atoms with van der Waals surface area (Å²) >= 11 is 0. The van der Waals surface area contributed by atoms with Crippen molar-refractivity contribution in [2.75, 3.05) is 25.0 Å². The average Bonchev–Trinajstić information content (AvgIpc) is 2.39. The van der Waals surface area contributed by atoms with Crippen LogP contribution in [0.2, 0.25) is 0 Å². The summed E-state index contributed by atoms with van der Waals surface area (Å²) < 4.78 is 37.3. The molecule has 1 fully saturated rings. The van der Waals surface area contributed by atoms with Crippen LogP contribution in [0.3, 0.4) is 0 Å². The number of piperidine rings is 1. The van der Waals surface area contributed by atoms with Gasteiger partial charge >= 0.3 is 6.18 Å². The quantitative estimate of drug-likeness (QED) is 0.898. The van der Waals surface area contributed by atoms with Crippen LogP contribution in [0, 0.1) is 0 Å². The van der Waals surface area contributed by atoms with Crippen LogP contribution in [0.5, 0.6) is 0 Å². The van der Waals surface area contributed by atoms with Crippen LogP contribution in [0.4, 0.5) is 19.0 Å². The molecule has 2 heterocycles. The maximum Gasteiger partial charge on any atom is 0.417 e. The van der Waals surface area contributed by atoms with Gasteiger partial charge in [0, 0.05) is 24.8 Å². The summed E-state index contributed by atoms with van der Waals surface area (Å²) in [5.41, 5.74) is -0.587. The maximum atomic E-state index is 12.4. The number of nitrogens with one attached hydrogen (secondary N) is 1. The second-order valence-corrected chi connectivity index (χ2v) is 5.20. The van der Waals surface area contributed by atoms with Crippen molar-refractivity contribution in [3.8, 4) is 0 Å². The average molecular weight is 273 g/mol. The van der Waals surface area contributed by atoms with Gasteiger partial charge in [-0.05, 0) is 38.9 Å². The fraction of sp³-hybridized carbons (Fsp3) is 0.615. The third-order valence-electron chi connectivity index (χ3n) is 3.87. The lowest BCUT2D eigenvalue weighted by atomic mass is 9.90. The standard InChI is InChI=1S/C13H18F3N3/c1-12(17-2)5-7-19(8-6-12)11-4-3-10(9-18-11)13(14,15)16/h3-4,9,17H,5-8H2,1-2H3. The fourth-order valence-electron chi connectivity index (χ4n) is 2.22. The molecular weight excluding hydrogens is 255 g/mol. The van der Waals surface area contributed by atoms with Gasteiger partial charge in [0.05, 0.1) is 5.56 Å². The van der Waals surface area contributed by atoms with Gasteiger partial charge in [-0.25, -0.2) is 4.98 Å². The minimum absolute atomic E-state index is 0.114. The van der Waals surface area contributed by atoms with Crippen LogP contribution in [-0.2, 0) is 6.18 Å². The number of rotatable bonds is 2. The van der Waals surface area contributed by atoms with Gasteiger partial charge in [-0.15, -0.1) is 0 Å². The van der Waals surface area contributed by atoms with Gasteiger partial charge in [0.15, 0.2) is 0 Å². The van der Waals surface area contributed by atoms with Gasteiger partial charge in [-0.2, -0.15) is 13.2 Å². The highest BCUT2D eigenvalue weighted by molar-refractivity contribution is 5.40. The smallest absolute Gasteiger partial charge is 0.356 e. The first-order valence-electron chi connectivity index (χ1n) is 6.31. The van der Waals surface area contributed by atoms with Crippen molar-refractivity contribution in [1.29, 1.82) is 0 Å². The van der Waals surface area contributed by atoms with E-state index in [0.29, 0.717) is 5.82 Å². The molecule has 0 saturated carbocycles. The molecule has 0 aromatic carbocycles. The number of nitrogens with zero attached hydrogens (tertiary/aromatic N) is 2. The molecule has 1 aliphatic heterocycles. The van der Waals surface area contributed by atoms with E-state index < -0.39 is 11.7 Å². The number of alkyl halides is 3. The Morgan fingerprint density at radius 3 is 2.32 bits per heavy atom. The van der Waals surface area contributed by atoms with Gasteiger partial charge in [0.25, 0.3) is 0 Å². The summed E-state index contributed by atoms with van der Waals surface area (Å²) in [6.45, 7) is 3.76. The number of hydrogen-bond acceptors (Lipinski definition) is 3. The largest absolute Gasteiger partial charge is 0.417 e. The Balaban J connectivity index is 2.04. The topological polar surface area (TPSA) is 28.2 Å². The molecule has 2 rings (SSSR count). The molecule has 0 bridgehead atoms. The highest BCUT2D eigenvalue weighted by atomic mass is 19.4. The molecule has 19 heavy (non-hydrogen) atoms. The van der Waals surface area contributed by atoms with Gasteiger partial charge in [0.1, 0.15) is 5.82 Å². The van der Waals surface area contributed by atoms with E-state index in [-0.39, 0.29) is 5.54 Å². The third-order valence-corrected chi connectivity index (χ3v) is 3.87. The second kappa shape index (κ2) is 5.00. The minimum atomic E-state index is -4.32. The molecular formula is C13H18F3N3. The lowest BCUT2D eigenvalue weighted by Gasteiger charge is -2.39. The Bertz CT molecular complexity index is 420. The van der Waals surface area contributed by atoms with Gasteiger partial charge in [-0.1, -0.05) is 0 Å². The molecule has 1 aromatic heterocycles. The van der Waals surface area contributed by atoms with Crippen LogP contribution in [0.15, 0.2) is 18.3 Å². The molecule has 1 aliphatic rings. The second-order valence-electron chi connectivity index (χ2n) is 5.20. The van der Waals surface area contributed by atoms with E-state index in [1.807, 2.05) is 11.9 Å². The SMILES string of the molecule is CNC1(C)CCN(c2ccc(C(F)(F)F)cn2)CC1. The van der Waals surface area contributed by atoms with Crippen LogP contribution >= 0.6 is 0 Å². The monoisotopic (exact) mass is 273 g/mol. The summed E-state index contributed by atoms with van der Waals surface area (Å²) in [5.74, 6) is 0.617. The molecule has 1 saturated heterocycles. The van der Waals surface area contributed by atoms with E-state index in [4.69, 9.17) is 0 Å². The molecule has 106 valence electrons. The zero-order valence-corrected chi connectivity index (χ0v) is 11.1. The van der Waals surface area contributed by atoms with E-state index in [1.165, 1.54) is 6.07 Å². The lowest BCUT2D eigenvalue weighted by molar-refractivity contribution is -0.137. The van der Waals surface area contributed by atoms with Crippen LogP contribution in [0.1, 0.15) is 25.3 Å².